The van der Waals surface area contributed by atoms with E-state index in [0.29, 0.717) is 32.9 Å². The second-order valence-electron chi connectivity index (χ2n) is 15.8. The van der Waals surface area contributed by atoms with Crippen molar-refractivity contribution in [1.82, 2.24) is 9.31 Å². The lowest BCUT2D eigenvalue weighted by Crippen LogP contribution is -2.36. The van der Waals surface area contributed by atoms with E-state index < -0.39 is 54.7 Å². The molecule has 364 valence electrons. The minimum Gasteiger partial charge on any atom is -0.492 e. The Hall–Kier alpha value is -8.42. The second-order valence-corrected chi connectivity index (χ2v) is 15.8. The van der Waals surface area contributed by atoms with Gasteiger partial charge >= 0.3 is 29.8 Å². The van der Waals surface area contributed by atoms with Crippen molar-refractivity contribution in [3.8, 4) is 45.7 Å². The zero-order valence-corrected chi connectivity index (χ0v) is 39.5. The van der Waals surface area contributed by atoms with E-state index in [4.69, 9.17) is 37.7 Å². The van der Waals surface area contributed by atoms with Crippen LogP contribution in [0, 0.1) is 0 Å². The number of esters is 4. The number of rotatable bonds is 20. The summed E-state index contributed by atoms with van der Waals surface area (Å²) in [5.41, 5.74) is 4.79. The summed E-state index contributed by atoms with van der Waals surface area (Å²) < 4.78 is 41.6. The third kappa shape index (κ3) is 12.1. The molecule has 2 N–H and O–H groups in total. The van der Waals surface area contributed by atoms with Crippen LogP contribution in [0.2, 0.25) is 0 Å². The fraction of sp³-hybridized carbons (Fsp3) is 0.306. The number of nitrogens with zero attached hydrogens (tertiary/aromatic N) is 5. The lowest BCUT2D eigenvalue weighted by molar-refractivity contribution is -0.145. The molecule has 1 aliphatic heterocycles. The van der Waals surface area contributed by atoms with Gasteiger partial charge in [0.25, 0.3) is 0 Å². The van der Waals surface area contributed by atoms with Crippen LogP contribution in [-0.2, 0) is 49.3 Å². The zero-order valence-electron chi connectivity index (χ0n) is 39.5. The number of aromatic nitrogens is 1. The van der Waals surface area contributed by atoms with Crippen molar-refractivity contribution < 1.29 is 71.9 Å². The number of aromatic hydroxyl groups is 2. The van der Waals surface area contributed by atoms with E-state index in [9.17, 15) is 34.2 Å². The first kappa shape index (κ1) is 50.0. The van der Waals surface area contributed by atoms with Crippen molar-refractivity contribution in [2.45, 2.75) is 6.42 Å². The van der Waals surface area contributed by atoms with Crippen molar-refractivity contribution in [1.29, 1.82) is 0 Å². The number of carbonyl (C=O) groups is 5. The van der Waals surface area contributed by atoms with Crippen molar-refractivity contribution >= 4 is 57.9 Å². The highest BCUT2D eigenvalue weighted by atomic mass is 16.7. The molecule has 0 bridgehead atoms. The second kappa shape index (κ2) is 22.4. The molecule has 6 rings (SSSR count). The van der Waals surface area contributed by atoms with Gasteiger partial charge in [-0.1, -0.05) is 12.1 Å². The van der Waals surface area contributed by atoms with Crippen LogP contribution in [0.4, 0.5) is 17.1 Å². The number of fused-ring (bicyclic) bond motifs is 2. The number of benzene rings is 4. The Balaban J connectivity index is 1.40. The fourth-order valence-corrected chi connectivity index (χ4v) is 7.26. The van der Waals surface area contributed by atoms with Gasteiger partial charge in [0.05, 0.1) is 52.3 Å². The minimum atomic E-state index is -0.869. The summed E-state index contributed by atoms with van der Waals surface area (Å²) in [5, 5.41) is 21.7. The van der Waals surface area contributed by atoms with E-state index in [2.05, 4.69) is 0 Å². The molecule has 3 aromatic carbocycles. The number of anilines is 3. The minimum absolute atomic E-state index is 0.129. The summed E-state index contributed by atoms with van der Waals surface area (Å²) in [7, 11) is 12.6. The Morgan fingerprint density at radius 3 is 1.77 bits per heavy atom. The first-order chi connectivity index (χ1) is 33.0. The standard InChI is InChI=1S/C49H53N5O15/c1-50(2)32-11-13-34-39(24-32)68-40-25-33(51(3)4)12-14-35(40)49(34)31-10-15-36(52(26-45(58)62-5)27-46(59)63-6)41(23-31)67-20-19-66-38-16-9-30(22-44(57)69-54-42(55)17-18-43(54)56)21-37(38)53(28-47(60)64-7)29-48(61)65-8/h9-18,21,23-25H,19-20,22,26-29H2,1-8H3,(H-,55,56)/p+1. The number of ether oxygens (including phenoxy) is 6. The SMILES string of the molecule is COC(=O)CN(CC(=O)OC)c1ccc(-c2c3ccc(=[N+](C)C)cc-3oc3cc(N(C)C)ccc23)cc1OCCOc1ccc(CC(=O)On2c(O)ccc2O)cc1N(CC(=O)OC)CC(=O)OC. The molecule has 0 saturated heterocycles. The average Bonchev–Trinajstić information content (AvgIpc) is 3.65. The summed E-state index contributed by atoms with van der Waals surface area (Å²) in [4.78, 5) is 73.7. The predicted molar refractivity (Wildman–Crippen MR) is 253 cm³/mol. The number of hydrogen-bond acceptors (Lipinski definition) is 18. The van der Waals surface area contributed by atoms with Crippen LogP contribution in [0.15, 0.2) is 89.3 Å². The largest absolute Gasteiger partial charge is 0.492 e. The smallest absolute Gasteiger partial charge is 0.337 e. The number of hydrogen-bond donors (Lipinski definition) is 2. The van der Waals surface area contributed by atoms with Gasteiger partial charge in [-0.25, -0.2) is 9.37 Å². The van der Waals surface area contributed by atoms with Gasteiger partial charge < -0.3 is 62.6 Å². The highest BCUT2D eigenvalue weighted by Crippen LogP contribution is 2.43. The van der Waals surface area contributed by atoms with Crippen molar-refractivity contribution in [3.05, 3.63) is 95.8 Å². The van der Waals surface area contributed by atoms with Gasteiger partial charge in [-0.3, -0.25) is 19.2 Å². The summed E-state index contributed by atoms with van der Waals surface area (Å²) in [6.45, 7) is -1.78. The molecule has 0 spiro atoms. The van der Waals surface area contributed by atoms with Crippen LogP contribution in [0.25, 0.3) is 33.4 Å². The summed E-state index contributed by atoms with van der Waals surface area (Å²) in [6, 6.07) is 24.1. The van der Waals surface area contributed by atoms with Gasteiger partial charge in [-0.2, -0.15) is 0 Å². The topological polar surface area (TPSA) is 221 Å². The Morgan fingerprint density at radius 1 is 0.623 bits per heavy atom. The van der Waals surface area contributed by atoms with E-state index in [0.717, 1.165) is 39.7 Å². The van der Waals surface area contributed by atoms with Gasteiger partial charge in [0.1, 0.15) is 76.3 Å². The molecule has 1 aliphatic carbocycles. The van der Waals surface area contributed by atoms with Gasteiger partial charge in [0.15, 0.2) is 0 Å². The molecule has 2 aliphatic rings. The Labute approximate surface area is 396 Å². The van der Waals surface area contributed by atoms with Gasteiger partial charge in [-0.05, 0) is 53.6 Å². The van der Waals surface area contributed by atoms with Gasteiger partial charge in [-0.15, -0.1) is 4.73 Å². The monoisotopic (exact) mass is 952 g/mol. The lowest BCUT2D eigenvalue weighted by Gasteiger charge is -2.26. The van der Waals surface area contributed by atoms with Crippen LogP contribution in [0.5, 0.6) is 23.3 Å². The molecule has 69 heavy (non-hydrogen) atoms. The molecule has 2 heterocycles. The Kier molecular flexibility index (Phi) is 16.2. The molecule has 0 saturated carbocycles. The molecule has 0 radical (unpaired) electrons. The Morgan fingerprint density at radius 2 is 1.20 bits per heavy atom. The molecule has 20 nitrogen and oxygen atoms in total. The van der Waals surface area contributed by atoms with E-state index in [1.807, 2.05) is 80.1 Å². The first-order valence-corrected chi connectivity index (χ1v) is 21.3. The molecule has 1 aromatic heterocycles. The maximum absolute atomic E-state index is 13.0. The van der Waals surface area contributed by atoms with E-state index in [1.165, 1.54) is 50.4 Å². The van der Waals surface area contributed by atoms with Crippen LogP contribution in [0.3, 0.4) is 0 Å². The molecular formula is C49H54N5O15+. The number of carbonyl (C=O) groups excluding carboxylic acids is 5. The van der Waals surface area contributed by atoms with E-state index in [1.54, 1.807) is 18.2 Å². The molecular weight excluding hydrogens is 899 g/mol. The van der Waals surface area contributed by atoms with Crippen LogP contribution >= 0.6 is 0 Å². The van der Waals surface area contributed by atoms with Crippen LogP contribution in [-0.4, -0.2) is 141 Å². The third-order valence-corrected chi connectivity index (χ3v) is 10.8. The average molecular weight is 953 g/mol. The summed E-state index contributed by atoms with van der Waals surface area (Å²) >= 11 is 0. The lowest BCUT2D eigenvalue weighted by atomic mass is 9.93. The van der Waals surface area contributed by atoms with Crippen molar-refractivity contribution in [3.63, 3.8) is 0 Å². The van der Waals surface area contributed by atoms with Crippen LogP contribution in [0.1, 0.15) is 5.56 Å². The predicted octanol–water partition coefficient (Wildman–Crippen LogP) is 3.48. The van der Waals surface area contributed by atoms with Gasteiger partial charge in [0, 0.05) is 60.6 Å². The summed E-state index contributed by atoms with van der Waals surface area (Å²) in [5.74, 6) is -3.48. The molecule has 20 heteroatoms. The van der Waals surface area contributed by atoms with E-state index >= 15 is 0 Å². The number of methoxy groups -OCH3 is 4. The van der Waals surface area contributed by atoms with Crippen LogP contribution < -0.4 is 38.9 Å². The van der Waals surface area contributed by atoms with E-state index in [-0.39, 0.29) is 49.9 Å². The normalized spacial score (nSPS) is 10.8. The quantitative estimate of drug-likeness (QED) is 0.0368. The zero-order chi connectivity index (χ0) is 49.9. The first-order valence-electron chi connectivity index (χ1n) is 21.3. The molecule has 0 fully saturated rings. The highest BCUT2D eigenvalue weighted by Gasteiger charge is 2.25. The van der Waals surface area contributed by atoms with Gasteiger partial charge in [0.2, 0.25) is 17.1 Å². The maximum atomic E-state index is 13.0. The van der Waals surface area contributed by atoms with Crippen molar-refractivity contribution in [2.24, 2.45) is 0 Å². The maximum Gasteiger partial charge on any atom is 0.337 e. The summed E-state index contributed by atoms with van der Waals surface area (Å²) in [6.07, 6.45) is -0.377. The highest BCUT2D eigenvalue weighted by molar-refractivity contribution is 6.03. The fourth-order valence-electron chi connectivity index (χ4n) is 7.26. The molecule has 0 unspecified atom stereocenters. The molecule has 0 atom stereocenters. The third-order valence-electron chi connectivity index (χ3n) is 10.8. The molecule has 0 amide bonds. The van der Waals surface area contributed by atoms with Crippen molar-refractivity contribution in [2.75, 3.05) is 111 Å². The Bertz CT molecular complexity index is 2850. The molecule has 4 aromatic rings.